The third-order valence-electron chi connectivity index (χ3n) is 4.95. The van der Waals surface area contributed by atoms with Crippen molar-refractivity contribution in [3.63, 3.8) is 0 Å². The number of methoxy groups -OCH3 is 3. The van der Waals surface area contributed by atoms with E-state index in [1.807, 2.05) is 0 Å². The zero-order chi connectivity index (χ0) is 22.7. The number of nitrogens with one attached hydrogen (secondary N) is 1. The van der Waals surface area contributed by atoms with Crippen LogP contribution in [0.4, 0.5) is 5.69 Å². The molecular weight excluding hydrogens is 404 g/mol. The Bertz CT molecular complexity index is 1060. The molecule has 0 aromatic heterocycles. The zero-order valence-corrected chi connectivity index (χ0v) is 17.6. The smallest absolute Gasteiger partial charge is 0.307 e. The molecule has 3 rings (SSSR count). The second-order valence-corrected chi connectivity index (χ2v) is 6.80. The van der Waals surface area contributed by atoms with Gasteiger partial charge >= 0.3 is 5.97 Å². The number of benzene rings is 2. The fourth-order valence-electron chi connectivity index (χ4n) is 3.54. The Balaban J connectivity index is 2.10. The van der Waals surface area contributed by atoms with Gasteiger partial charge in [0.2, 0.25) is 5.91 Å². The second-order valence-electron chi connectivity index (χ2n) is 6.80. The number of amides is 3. The van der Waals surface area contributed by atoms with Crippen LogP contribution in [0.3, 0.4) is 0 Å². The molecule has 1 N–H and O–H groups in total. The highest BCUT2D eigenvalue weighted by Gasteiger charge is 2.43. The lowest BCUT2D eigenvalue weighted by Gasteiger charge is -2.26. The lowest BCUT2D eigenvalue weighted by molar-refractivity contribution is -0.141. The summed E-state index contributed by atoms with van der Waals surface area (Å²) < 4.78 is 15.3. The number of esters is 1. The van der Waals surface area contributed by atoms with Gasteiger partial charge in [0.1, 0.15) is 0 Å². The van der Waals surface area contributed by atoms with Crippen LogP contribution in [0.2, 0.25) is 0 Å². The van der Waals surface area contributed by atoms with Crippen molar-refractivity contribution in [3.8, 4) is 11.5 Å². The highest BCUT2D eigenvalue weighted by molar-refractivity contribution is 6.24. The summed E-state index contributed by atoms with van der Waals surface area (Å²) in [6.07, 6.45) is -0.257. The van der Waals surface area contributed by atoms with E-state index in [0.717, 1.165) is 4.90 Å². The monoisotopic (exact) mass is 426 g/mol. The minimum absolute atomic E-state index is 0.0815. The molecule has 1 aliphatic heterocycles. The lowest BCUT2D eigenvalue weighted by atomic mass is 10.0. The first-order valence-corrected chi connectivity index (χ1v) is 9.39. The lowest BCUT2D eigenvalue weighted by Crippen LogP contribution is -2.35. The number of hydrogen-bond donors (Lipinski definition) is 1. The Morgan fingerprint density at radius 1 is 1.00 bits per heavy atom. The molecular formula is C22H22N2O7. The molecule has 1 aliphatic rings. The Hall–Kier alpha value is -3.88. The molecule has 1 atom stereocenters. The van der Waals surface area contributed by atoms with Gasteiger partial charge in [0.15, 0.2) is 11.5 Å². The van der Waals surface area contributed by atoms with E-state index in [4.69, 9.17) is 14.2 Å². The van der Waals surface area contributed by atoms with Crippen LogP contribution in [0.1, 0.15) is 45.7 Å². The zero-order valence-electron chi connectivity index (χ0n) is 17.6. The summed E-state index contributed by atoms with van der Waals surface area (Å²) in [5.41, 5.74) is 0.943. The number of rotatable bonds is 7. The van der Waals surface area contributed by atoms with Crippen molar-refractivity contribution >= 4 is 29.4 Å². The van der Waals surface area contributed by atoms with Crippen molar-refractivity contribution in [1.29, 1.82) is 0 Å². The van der Waals surface area contributed by atoms with Crippen LogP contribution >= 0.6 is 0 Å². The first-order chi connectivity index (χ1) is 14.8. The fraction of sp³-hybridized carbons (Fsp3) is 0.273. The van der Waals surface area contributed by atoms with Gasteiger partial charge in [-0.05, 0) is 29.8 Å². The highest BCUT2D eigenvalue weighted by Crippen LogP contribution is 2.39. The molecule has 0 saturated heterocycles. The largest absolute Gasteiger partial charge is 0.493 e. The van der Waals surface area contributed by atoms with Gasteiger partial charge in [-0.3, -0.25) is 24.1 Å². The van der Waals surface area contributed by atoms with E-state index >= 15 is 0 Å². The Kier molecular flexibility index (Phi) is 6.24. The fourth-order valence-corrected chi connectivity index (χ4v) is 3.54. The molecule has 162 valence electrons. The van der Waals surface area contributed by atoms with Gasteiger partial charge in [0.25, 0.3) is 11.8 Å². The van der Waals surface area contributed by atoms with Crippen molar-refractivity contribution in [2.45, 2.75) is 19.4 Å². The summed E-state index contributed by atoms with van der Waals surface area (Å²) in [5, 5.41) is 2.57. The van der Waals surface area contributed by atoms with Crippen molar-refractivity contribution in [1.82, 2.24) is 4.90 Å². The summed E-state index contributed by atoms with van der Waals surface area (Å²) in [5.74, 6) is -1.33. The van der Waals surface area contributed by atoms with Gasteiger partial charge in [-0.1, -0.05) is 12.1 Å². The molecule has 1 unspecified atom stereocenters. The average molecular weight is 426 g/mol. The van der Waals surface area contributed by atoms with E-state index < -0.39 is 23.8 Å². The molecule has 0 spiro atoms. The molecule has 0 bridgehead atoms. The van der Waals surface area contributed by atoms with Gasteiger partial charge < -0.3 is 19.5 Å². The molecule has 2 aromatic carbocycles. The minimum Gasteiger partial charge on any atom is -0.493 e. The number of ether oxygens (including phenoxy) is 3. The molecule has 3 amide bonds. The predicted molar refractivity (Wildman–Crippen MR) is 110 cm³/mol. The molecule has 0 saturated carbocycles. The Labute approximate surface area is 178 Å². The number of fused-ring (bicyclic) bond motifs is 1. The Morgan fingerprint density at radius 3 is 2.32 bits per heavy atom. The van der Waals surface area contributed by atoms with Crippen molar-refractivity contribution < 1.29 is 33.4 Å². The van der Waals surface area contributed by atoms with Gasteiger partial charge in [0.05, 0.1) is 50.6 Å². The SMILES string of the molecule is COC(=O)CC(c1ccc(OC)c(OC)c1)N1C(=O)c2cccc(NC(C)=O)c2C1=O. The Morgan fingerprint density at radius 2 is 1.71 bits per heavy atom. The maximum absolute atomic E-state index is 13.3. The number of imide groups is 1. The van der Waals surface area contributed by atoms with Crippen LogP contribution in [0.15, 0.2) is 36.4 Å². The van der Waals surface area contributed by atoms with Gasteiger partial charge in [0, 0.05) is 6.92 Å². The normalized spacial score (nSPS) is 13.5. The molecule has 2 aromatic rings. The standard InChI is InChI=1S/C22H22N2O7/c1-12(25)23-15-7-5-6-14-20(15)22(28)24(21(14)27)16(11-19(26)31-4)13-8-9-17(29-2)18(10-13)30-3/h5-10,16H,11H2,1-4H3,(H,23,25). The van der Waals surface area contributed by atoms with E-state index in [0.29, 0.717) is 17.1 Å². The number of carbonyl (C=O) groups is 4. The average Bonchev–Trinajstić information content (AvgIpc) is 3.02. The van der Waals surface area contributed by atoms with Crippen molar-refractivity contribution in [3.05, 3.63) is 53.1 Å². The number of carbonyl (C=O) groups excluding carboxylic acids is 4. The van der Waals surface area contributed by atoms with E-state index in [9.17, 15) is 19.2 Å². The summed E-state index contributed by atoms with van der Waals surface area (Å²) in [7, 11) is 4.17. The van der Waals surface area contributed by atoms with Crippen LogP contribution in [0.5, 0.6) is 11.5 Å². The molecule has 9 nitrogen and oxygen atoms in total. The van der Waals surface area contributed by atoms with Crippen LogP contribution in [0.25, 0.3) is 0 Å². The summed E-state index contributed by atoms with van der Waals surface area (Å²) in [4.78, 5) is 51.2. The van der Waals surface area contributed by atoms with Gasteiger partial charge in [-0.25, -0.2) is 0 Å². The minimum atomic E-state index is -0.954. The predicted octanol–water partition coefficient (Wildman–Crippen LogP) is 2.56. The third-order valence-corrected chi connectivity index (χ3v) is 4.95. The van der Waals surface area contributed by atoms with E-state index in [1.54, 1.807) is 30.3 Å². The first kappa shape index (κ1) is 21.8. The summed E-state index contributed by atoms with van der Waals surface area (Å²) >= 11 is 0. The van der Waals surface area contributed by atoms with E-state index in [2.05, 4.69) is 5.32 Å². The molecule has 0 radical (unpaired) electrons. The van der Waals surface area contributed by atoms with Crippen LogP contribution < -0.4 is 14.8 Å². The van der Waals surface area contributed by atoms with E-state index in [-0.39, 0.29) is 29.1 Å². The first-order valence-electron chi connectivity index (χ1n) is 9.39. The van der Waals surface area contributed by atoms with Gasteiger partial charge in [-0.15, -0.1) is 0 Å². The van der Waals surface area contributed by atoms with Crippen molar-refractivity contribution in [2.75, 3.05) is 26.6 Å². The molecule has 9 heteroatoms. The maximum Gasteiger partial charge on any atom is 0.307 e. The van der Waals surface area contributed by atoms with Crippen molar-refractivity contribution in [2.24, 2.45) is 0 Å². The third kappa shape index (κ3) is 4.07. The summed E-state index contributed by atoms with van der Waals surface area (Å²) in [6.45, 7) is 1.31. The maximum atomic E-state index is 13.3. The number of hydrogen-bond acceptors (Lipinski definition) is 7. The van der Waals surface area contributed by atoms with Crippen LogP contribution in [-0.2, 0) is 14.3 Å². The van der Waals surface area contributed by atoms with E-state index in [1.165, 1.54) is 34.3 Å². The summed E-state index contributed by atoms with van der Waals surface area (Å²) in [6, 6.07) is 8.54. The number of nitrogens with zero attached hydrogens (tertiary/aromatic N) is 1. The molecule has 1 heterocycles. The molecule has 31 heavy (non-hydrogen) atoms. The molecule has 0 fully saturated rings. The highest BCUT2D eigenvalue weighted by atomic mass is 16.5. The quantitative estimate of drug-likeness (QED) is 0.535. The second kappa shape index (κ2) is 8.86. The van der Waals surface area contributed by atoms with Gasteiger partial charge in [-0.2, -0.15) is 0 Å². The topological polar surface area (TPSA) is 111 Å². The van der Waals surface area contributed by atoms with Crippen LogP contribution in [-0.4, -0.2) is 49.9 Å². The molecule has 0 aliphatic carbocycles. The number of anilines is 1. The van der Waals surface area contributed by atoms with Crippen LogP contribution in [0, 0.1) is 0 Å².